The van der Waals surface area contributed by atoms with Crippen LogP contribution in [0.4, 0.5) is 0 Å². The molecular formula is C13H21NO. The third-order valence-corrected chi connectivity index (χ3v) is 2.46. The Kier molecular flexibility index (Phi) is 6.05. The number of unbranched alkanes of at least 4 members (excludes halogenated alkanes) is 2. The molecule has 0 unspecified atom stereocenters. The van der Waals surface area contributed by atoms with Gasteiger partial charge in [0.05, 0.1) is 0 Å². The maximum absolute atomic E-state index is 8.61. The van der Waals surface area contributed by atoms with Gasteiger partial charge in [0.2, 0.25) is 0 Å². The van der Waals surface area contributed by atoms with E-state index in [4.69, 9.17) is 5.11 Å². The summed E-state index contributed by atoms with van der Waals surface area (Å²) >= 11 is 0. The van der Waals surface area contributed by atoms with Gasteiger partial charge in [0, 0.05) is 13.2 Å². The van der Waals surface area contributed by atoms with E-state index in [1.54, 1.807) is 0 Å². The Morgan fingerprint density at radius 2 is 1.80 bits per heavy atom. The molecule has 0 spiro atoms. The van der Waals surface area contributed by atoms with E-state index in [-0.39, 0.29) is 0 Å². The summed E-state index contributed by atoms with van der Waals surface area (Å²) in [7, 11) is 0. The minimum absolute atomic E-state index is 0.317. The molecule has 2 N–H and O–H groups in total. The fourth-order valence-corrected chi connectivity index (χ4v) is 1.48. The van der Waals surface area contributed by atoms with Crippen LogP contribution >= 0.6 is 0 Å². The maximum atomic E-state index is 8.61. The van der Waals surface area contributed by atoms with E-state index < -0.39 is 0 Å². The molecule has 0 aliphatic carbocycles. The van der Waals surface area contributed by atoms with Crippen molar-refractivity contribution in [1.82, 2.24) is 5.32 Å². The Morgan fingerprint density at radius 1 is 1.07 bits per heavy atom. The van der Waals surface area contributed by atoms with Crippen LogP contribution in [-0.4, -0.2) is 18.3 Å². The lowest BCUT2D eigenvalue weighted by Crippen LogP contribution is -2.14. The van der Waals surface area contributed by atoms with Gasteiger partial charge >= 0.3 is 0 Å². The molecule has 0 fully saturated rings. The fourth-order valence-electron chi connectivity index (χ4n) is 1.48. The zero-order valence-electron chi connectivity index (χ0n) is 9.50. The fraction of sp³-hybridized carbons (Fsp3) is 0.538. The average Bonchev–Trinajstić information content (AvgIpc) is 2.26. The molecular weight excluding hydrogens is 186 g/mol. The highest BCUT2D eigenvalue weighted by molar-refractivity contribution is 5.20. The molecule has 0 aliphatic rings. The van der Waals surface area contributed by atoms with E-state index in [9.17, 15) is 0 Å². The molecule has 0 radical (unpaired) electrons. The van der Waals surface area contributed by atoms with Gasteiger partial charge in [0.1, 0.15) is 0 Å². The van der Waals surface area contributed by atoms with Crippen molar-refractivity contribution in [3.05, 3.63) is 35.4 Å². The van der Waals surface area contributed by atoms with Crippen molar-refractivity contribution in [3.8, 4) is 0 Å². The van der Waals surface area contributed by atoms with E-state index in [1.165, 1.54) is 11.1 Å². The second-order valence-corrected chi connectivity index (χ2v) is 3.95. The quantitative estimate of drug-likeness (QED) is 0.672. The molecule has 0 heterocycles. The molecule has 2 heteroatoms. The van der Waals surface area contributed by atoms with E-state index in [1.807, 2.05) is 0 Å². The van der Waals surface area contributed by atoms with Crippen LogP contribution in [0.3, 0.4) is 0 Å². The number of hydrogen-bond donors (Lipinski definition) is 2. The highest BCUT2D eigenvalue weighted by atomic mass is 16.2. The smallest absolute Gasteiger partial charge is 0.0431 e. The molecule has 0 amide bonds. The van der Waals surface area contributed by atoms with Crippen LogP contribution < -0.4 is 5.32 Å². The summed E-state index contributed by atoms with van der Waals surface area (Å²) in [5, 5.41) is 12.0. The topological polar surface area (TPSA) is 32.3 Å². The number of aliphatic hydroxyl groups excluding tert-OH is 1. The van der Waals surface area contributed by atoms with Crippen LogP contribution in [0.15, 0.2) is 24.3 Å². The molecule has 1 aromatic carbocycles. The van der Waals surface area contributed by atoms with Crippen LogP contribution in [0.1, 0.15) is 30.4 Å². The van der Waals surface area contributed by atoms with Gasteiger partial charge in [0.15, 0.2) is 0 Å². The summed E-state index contributed by atoms with van der Waals surface area (Å²) in [5.41, 5.74) is 2.64. The predicted octanol–water partition coefficient (Wildman–Crippen LogP) is 2.25. The molecule has 0 aliphatic heterocycles. The van der Waals surface area contributed by atoms with Crippen LogP contribution in [0.2, 0.25) is 0 Å². The first-order valence-electron chi connectivity index (χ1n) is 5.70. The normalized spacial score (nSPS) is 10.5. The monoisotopic (exact) mass is 207 g/mol. The maximum Gasteiger partial charge on any atom is 0.0431 e. The molecule has 0 aromatic heterocycles. The summed E-state index contributed by atoms with van der Waals surface area (Å²) in [4.78, 5) is 0. The zero-order chi connectivity index (χ0) is 10.9. The Bertz CT molecular complexity index is 256. The van der Waals surface area contributed by atoms with Crippen LogP contribution in [0.25, 0.3) is 0 Å². The van der Waals surface area contributed by atoms with Crippen molar-refractivity contribution in [1.29, 1.82) is 0 Å². The molecule has 0 bridgehead atoms. The number of aryl methyl sites for hydroxylation is 1. The van der Waals surface area contributed by atoms with E-state index in [0.717, 1.165) is 32.4 Å². The summed E-state index contributed by atoms with van der Waals surface area (Å²) < 4.78 is 0. The largest absolute Gasteiger partial charge is 0.396 e. The molecule has 1 aromatic rings. The van der Waals surface area contributed by atoms with Gasteiger partial charge in [-0.05, 0) is 38.3 Å². The van der Waals surface area contributed by atoms with Crippen molar-refractivity contribution >= 4 is 0 Å². The standard InChI is InChI=1S/C13H21NO/c1-12-5-7-13(8-6-12)11-14-9-3-2-4-10-15/h5-8,14-15H,2-4,9-11H2,1H3. The van der Waals surface area contributed by atoms with Crippen molar-refractivity contribution in [2.24, 2.45) is 0 Å². The first-order valence-corrected chi connectivity index (χ1v) is 5.70. The lowest BCUT2D eigenvalue weighted by Gasteiger charge is -2.04. The van der Waals surface area contributed by atoms with E-state index >= 15 is 0 Å². The van der Waals surface area contributed by atoms with Gasteiger partial charge < -0.3 is 10.4 Å². The van der Waals surface area contributed by atoms with Gasteiger partial charge in [-0.3, -0.25) is 0 Å². The van der Waals surface area contributed by atoms with Gasteiger partial charge in [-0.1, -0.05) is 29.8 Å². The van der Waals surface area contributed by atoms with E-state index in [2.05, 4.69) is 36.5 Å². The molecule has 0 saturated heterocycles. The highest BCUT2D eigenvalue weighted by Crippen LogP contribution is 2.02. The van der Waals surface area contributed by atoms with Crippen LogP contribution in [0, 0.1) is 6.92 Å². The van der Waals surface area contributed by atoms with Crippen LogP contribution in [0.5, 0.6) is 0 Å². The zero-order valence-corrected chi connectivity index (χ0v) is 9.50. The number of benzene rings is 1. The van der Waals surface area contributed by atoms with Crippen LogP contribution in [-0.2, 0) is 6.54 Å². The molecule has 2 nitrogen and oxygen atoms in total. The van der Waals surface area contributed by atoms with Gasteiger partial charge in [-0.2, -0.15) is 0 Å². The molecule has 0 saturated carbocycles. The lowest BCUT2D eigenvalue weighted by molar-refractivity contribution is 0.283. The van der Waals surface area contributed by atoms with Gasteiger partial charge in [-0.15, -0.1) is 0 Å². The highest BCUT2D eigenvalue weighted by Gasteiger charge is 1.92. The molecule has 84 valence electrons. The first kappa shape index (κ1) is 12.2. The van der Waals surface area contributed by atoms with Crippen molar-refractivity contribution < 1.29 is 5.11 Å². The minimum atomic E-state index is 0.317. The Morgan fingerprint density at radius 3 is 2.47 bits per heavy atom. The summed E-state index contributed by atoms with van der Waals surface area (Å²) in [6.45, 7) is 4.40. The van der Waals surface area contributed by atoms with Crippen molar-refractivity contribution in [2.75, 3.05) is 13.2 Å². The predicted molar refractivity (Wildman–Crippen MR) is 63.8 cm³/mol. The summed E-state index contributed by atoms with van der Waals surface area (Å²) in [6.07, 6.45) is 3.18. The lowest BCUT2D eigenvalue weighted by atomic mass is 10.1. The number of hydrogen-bond acceptors (Lipinski definition) is 2. The average molecular weight is 207 g/mol. The second-order valence-electron chi connectivity index (χ2n) is 3.95. The van der Waals surface area contributed by atoms with Crippen molar-refractivity contribution in [2.45, 2.75) is 32.7 Å². The minimum Gasteiger partial charge on any atom is -0.396 e. The SMILES string of the molecule is Cc1ccc(CNCCCCCO)cc1. The second kappa shape index (κ2) is 7.43. The number of aliphatic hydroxyl groups is 1. The van der Waals surface area contributed by atoms with Crippen molar-refractivity contribution in [3.63, 3.8) is 0 Å². The third-order valence-electron chi connectivity index (χ3n) is 2.46. The summed E-state index contributed by atoms with van der Waals surface area (Å²) in [6, 6.07) is 8.61. The number of rotatable bonds is 7. The molecule has 15 heavy (non-hydrogen) atoms. The Labute approximate surface area is 92.3 Å². The Balaban J connectivity index is 2.07. The summed E-state index contributed by atoms with van der Waals surface area (Å²) in [5.74, 6) is 0. The molecule has 0 atom stereocenters. The van der Waals surface area contributed by atoms with Gasteiger partial charge in [-0.25, -0.2) is 0 Å². The molecule has 1 rings (SSSR count). The third kappa shape index (κ3) is 5.55. The van der Waals surface area contributed by atoms with E-state index in [0.29, 0.717) is 6.61 Å². The van der Waals surface area contributed by atoms with Gasteiger partial charge in [0.25, 0.3) is 0 Å². The number of nitrogens with one attached hydrogen (secondary N) is 1. The Hall–Kier alpha value is -0.860. The first-order chi connectivity index (χ1) is 7.33.